The number of fused-ring (bicyclic) bond motifs is 1. The third kappa shape index (κ3) is 4.00. The van der Waals surface area contributed by atoms with E-state index in [0.717, 1.165) is 24.8 Å². The number of nitrogens with zero attached hydrogens (tertiary/aromatic N) is 1. The molecule has 132 valence electrons. The molecule has 2 aromatic rings. The van der Waals surface area contributed by atoms with Crippen molar-refractivity contribution in [1.82, 2.24) is 4.90 Å². The zero-order valence-corrected chi connectivity index (χ0v) is 16.0. The molecule has 0 spiro atoms. The van der Waals surface area contributed by atoms with Gasteiger partial charge >= 0.3 is 0 Å². The molecule has 1 N–H and O–H groups in total. The third-order valence-corrected chi connectivity index (χ3v) is 5.61. The number of aryl methyl sites for hydroxylation is 2. The molecule has 1 aliphatic carbocycles. The Bertz CT molecular complexity index is 791. The van der Waals surface area contributed by atoms with Crippen LogP contribution in [0, 0.1) is 6.92 Å². The monoisotopic (exact) mass is 376 g/mol. The summed E-state index contributed by atoms with van der Waals surface area (Å²) in [6.45, 7) is 2.18. The maximum Gasteiger partial charge on any atom is 0.238 e. The molecule has 1 atom stereocenters. The minimum Gasteiger partial charge on any atom is -0.322 e. The number of halogens is 2. The van der Waals surface area contributed by atoms with E-state index in [2.05, 4.69) is 34.5 Å². The lowest BCUT2D eigenvalue weighted by Gasteiger charge is -2.33. The van der Waals surface area contributed by atoms with Gasteiger partial charge in [-0.05, 0) is 56.0 Å². The quantitative estimate of drug-likeness (QED) is 0.789. The highest BCUT2D eigenvalue weighted by atomic mass is 35.5. The third-order valence-electron chi connectivity index (χ3n) is 4.81. The minimum atomic E-state index is -0.111. The van der Waals surface area contributed by atoms with Crippen LogP contribution < -0.4 is 5.32 Å². The predicted molar refractivity (Wildman–Crippen MR) is 105 cm³/mol. The summed E-state index contributed by atoms with van der Waals surface area (Å²) in [5, 5.41) is 3.81. The van der Waals surface area contributed by atoms with E-state index < -0.39 is 0 Å². The first-order chi connectivity index (χ1) is 12.0. The summed E-state index contributed by atoms with van der Waals surface area (Å²) in [5.41, 5.74) is 4.09. The second-order valence-electron chi connectivity index (χ2n) is 6.62. The molecule has 1 aliphatic rings. The van der Waals surface area contributed by atoms with Crippen LogP contribution >= 0.6 is 23.2 Å². The molecule has 0 saturated heterocycles. The molecule has 0 bridgehead atoms. The van der Waals surface area contributed by atoms with Crippen molar-refractivity contribution in [2.24, 2.45) is 0 Å². The number of rotatable bonds is 4. The first-order valence-corrected chi connectivity index (χ1v) is 9.25. The SMILES string of the molecule is Cc1ccc(Cl)c(NC(=O)CN(C)[C@@H]2CCCc3ccccc32)c1Cl. The van der Waals surface area contributed by atoms with Crippen molar-refractivity contribution in [2.75, 3.05) is 18.9 Å². The average Bonchev–Trinajstić information content (AvgIpc) is 2.61. The van der Waals surface area contributed by atoms with E-state index in [1.807, 2.05) is 20.0 Å². The first-order valence-electron chi connectivity index (χ1n) is 8.50. The Morgan fingerprint density at radius 3 is 2.80 bits per heavy atom. The van der Waals surface area contributed by atoms with Gasteiger partial charge in [-0.3, -0.25) is 9.69 Å². The Morgan fingerprint density at radius 2 is 2.00 bits per heavy atom. The lowest BCUT2D eigenvalue weighted by atomic mass is 9.87. The van der Waals surface area contributed by atoms with Crippen LogP contribution in [0.2, 0.25) is 10.0 Å². The van der Waals surface area contributed by atoms with Gasteiger partial charge in [0.1, 0.15) is 0 Å². The number of nitrogens with one attached hydrogen (secondary N) is 1. The fourth-order valence-corrected chi connectivity index (χ4v) is 3.94. The van der Waals surface area contributed by atoms with Crippen LogP contribution in [0.25, 0.3) is 0 Å². The van der Waals surface area contributed by atoms with E-state index in [0.29, 0.717) is 22.3 Å². The molecule has 0 aromatic heterocycles. The van der Waals surface area contributed by atoms with Crippen LogP contribution in [0.4, 0.5) is 5.69 Å². The highest BCUT2D eigenvalue weighted by molar-refractivity contribution is 6.40. The van der Waals surface area contributed by atoms with E-state index in [4.69, 9.17) is 23.2 Å². The maximum absolute atomic E-state index is 12.5. The number of hydrogen-bond acceptors (Lipinski definition) is 2. The summed E-state index contributed by atoms with van der Waals surface area (Å²) < 4.78 is 0. The van der Waals surface area contributed by atoms with Crippen molar-refractivity contribution in [1.29, 1.82) is 0 Å². The van der Waals surface area contributed by atoms with Crippen LogP contribution in [-0.2, 0) is 11.2 Å². The molecule has 5 heteroatoms. The fraction of sp³-hybridized carbons (Fsp3) is 0.350. The smallest absolute Gasteiger partial charge is 0.238 e. The van der Waals surface area contributed by atoms with Crippen molar-refractivity contribution in [2.45, 2.75) is 32.2 Å². The average molecular weight is 377 g/mol. The lowest BCUT2D eigenvalue weighted by molar-refractivity contribution is -0.117. The molecule has 3 nitrogen and oxygen atoms in total. The van der Waals surface area contributed by atoms with Gasteiger partial charge < -0.3 is 5.32 Å². The van der Waals surface area contributed by atoms with Crippen molar-refractivity contribution < 1.29 is 4.79 Å². The van der Waals surface area contributed by atoms with Gasteiger partial charge in [0, 0.05) is 6.04 Å². The molecular formula is C20H22Cl2N2O. The molecule has 0 heterocycles. The highest BCUT2D eigenvalue weighted by Crippen LogP contribution is 2.34. The minimum absolute atomic E-state index is 0.111. The number of benzene rings is 2. The van der Waals surface area contributed by atoms with Gasteiger partial charge in [0.15, 0.2) is 0 Å². The molecule has 25 heavy (non-hydrogen) atoms. The zero-order chi connectivity index (χ0) is 18.0. The van der Waals surface area contributed by atoms with E-state index >= 15 is 0 Å². The van der Waals surface area contributed by atoms with Gasteiger partial charge in [-0.25, -0.2) is 0 Å². The van der Waals surface area contributed by atoms with Crippen molar-refractivity contribution >= 4 is 34.8 Å². The number of likely N-dealkylation sites (N-methyl/N-ethyl adjacent to an activating group) is 1. The van der Waals surface area contributed by atoms with Gasteiger partial charge in [-0.2, -0.15) is 0 Å². The predicted octanol–water partition coefficient (Wildman–Crippen LogP) is 5.25. The maximum atomic E-state index is 12.5. The van der Waals surface area contributed by atoms with Crippen LogP contribution in [0.5, 0.6) is 0 Å². The van der Waals surface area contributed by atoms with Crippen molar-refractivity contribution in [3.8, 4) is 0 Å². The number of anilines is 1. The second kappa shape index (κ2) is 7.77. The normalized spacial score (nSPS) is 16.6. The molecule has 0 radical (unpaired) electrons. The zero-order valence-electron chi connectivity index (χ0n) is 14.5. The molecule has 2 aromatic carbocycles. The van der Waals surface area contributed by atoms with Crippen LogP contribution in [0.15, 0.2) is 36.4 Å². The Balaban J connectivity index is 1.71. The van der Waals surface area contributed by atoms with Crippen molar-refractivity contribution in [3.63, 3.8) is 0 Å². The van der Waals surface area contributed by atoms with Crippen LogP contribution in [-0.4, -0.2) is 24.4 Å². The Labute approximate surface area is 158 Å². The number of hydrogen-bond donors (Lipinski definition) is 1. The largest absolute Gasteiger partial charge is 0.322 e. The summed E-state index contributed by atoms with van der Waals surface area (Å²) in [5.74, 6) is -0.111. The lowest BCUT2D eigenvalue weighted by Crippen LogP contribution is -2.35. The molecule has 0 fully saturated rings. The molecular weight excluding hydrogens is 355 g/mol. The molecule has 0 saturated carbocycles. The topological polar surface area (TPSA) is 32.3 Å². The first kappa shape index (κ1) is 18.2. The van der Waals surface area contributed by atoms with E-state index in [9.17, 15) is 4.79 Å². The number of carbonyl (C=O) groups excluding carboxylic acids is 1. The summed E-state index contributed by atoms with van der Waals surface area (Å²) in [7, 11) is 1.99. The number of carbonyl (C=O) groups is 1. The van der Waals surface area contributed by atoms with Gasteiger partial charge in [-0.1, -0.05) is 53.5 Å². The van der Waals surface area contributed by atoms with Gasteiger partial charge in [-0.15, -0.1) is 0 Å². The fourth-order valence-electron chi connectivity index (χ4n) is 3.47. The molecule has 3 rings (SSSR count). The van der Waals surface area contributed by atoms with Crippen molar-refractivity contribution in [3.05, 3.63) is 63.1 Å². The molecule has 0 aliphatic heterocycles. The Kier molecular flexibility index (Phi) is 5.67. The summed E-state index contributed by atoms with van der Waals surface area (Å²) in [6, 6.07) is 12.3. The summed E-state index contributed by atoms with van der Waals surface area (Å²) in [4.78, 5) is 14.6. The Morgan fingerprint density at radius 1 is 1.24 bits per heavy atom. The summed E-state index contributed by atoms with van der Waals surface area (Å²) in [6.07, 6.45) is 3.32. The van der Waals surface area contributed by atoms with Crippen LogP contribution in [0.3, 0.4) is 0 Å². The van der Waals surface area contributed by atoms with Crippen LogP contribution in [0.1, 0.15) is 35.6 Å². The Hall–Kier alpha value is -1.55. The van der Waals surface area contributed by atoms with Gasteiger partial charge in [0.2, 0.25) is 5.91 Å². The second-order valence-corrected chi connectivity index (χ2v) is 7.41. The van der Waals surface area contributed by atoms with Gasteiger partial charge in [0.05, 0.1) is 22.3 Å². The number of amides is 1. The standard InChI is InChI=1S/C20H22Cl2N2O/c1-13-10-11-16(21)20(19(13)22)23-18(25)12-24(2)17-9-5-7-14-6-3-4-8-15(14)17/h3-4,6,8,10-11,17H,5,7,9,12H2,1-2H3,(H,23,25)/t17-/m1/s1. The highest BCUT2D eigenvalue weighted by Gasteiger charge is 2.25. The summed E-state index contributed by atoms with van der Waals surface area (Å²) >= 11 is 12.5. The molecule has 1 amide bonds. The van der Waals surface area contributed by atoms with E-state index in [1.54, 1.807) is 6.07 Å². The van der Waals surface area contributed by atoms with E-state index in [1.165, 1.54) is 11.1 Å². The van der Waals surface area contributed by atoms with Gasteiger partial charge in [0.25, 0.3) is 0 Å². The molecule has 0 unspecified atom stereocenters. The van der Waals surface area contributed by atoms with E-state index in [-0.39, 0.29) is 11.9 Å².